The number of pyridine rings is 1. The number of hydrogen-bond acceptors (Lipinski definition) is 4. The number of hydrogen-bond donors (Lipinski definition) is 2. The molecule has 1 fully saturated rings. The van der Waals surface area contributed by atoms with Crippen molar-refractivity contribution in [1.29, 1.82) is 0 Å². The maximum absolute atomic E-state index is 11.7. The molecule has 1 aliphatic heterocycles. The average molecular weight is 269 g/mol. The summed E-state index contributed by atoms with van der Waals surface area (Å²) in [4.78, 5) is 18.0. The largest absolute Gasteiger partial charge is 0.396 e. The Kier molecular flexibility index (Phi) is 3.91. The molecule has 1 aliphatic rings. The molecule has 98 valence electrons. The van der Waals surface area contributed by atoms with Crippen LogP contribution in [0.1, 0.15) is 12.8 Å². The maximum atomic E-state index is 11.7. The summed E-state index contributed by atoms with van der Waals surface area (Å²) in [6.45, 7) is 1.49. The Morgan fingerprint density at radius 2 is 2.39 bits per heavy atom. The van der Waals surface area contributed by atoms with Crippen LogP contribution in [0, 0.1) is 5.92 Å². The van der Waals surface area contributed by atoms with Gasteiger partial charge in [-0.15, -0.1) is 0 Å². The molecule has 1 unspecified atom stereocenters. The summed E-state index contributed by atoms with van der Waals surface area (Å²) in [5.41, 5.74) is 6.51. The molecular formula is C12H17ClN4O. The number of carbonyl (C=O) groups is 1. The third-order valence-electron chi connectivity index (χ3n) is 3.21. The van der Waals surface area contributed by atoms with Gasteiger partial charge in [0.05, 0.1) is 11.6 Å². The predicted molar refractivity (Wildman–Crippen MR) is 72.7 cm³/mol. The lowest BCUT2D eigenvalue weighted by molar-refractivity contribution is -0.124. The molecule has 6 heteroatoms. The van der Waals surface area contributed by atoms with Crippen LogP contribution in [-0.4, -0.2) is 31.0 Å². The summed E-state index contributed by atoms with van der Waals surface area (Å²) in [6.07, 6.45) is 1.85. The van der Waals surface area contributed by atoms with Gasteiger partial charge in [0.2, 0.25) is 5.91 Å². The van der Waals surface area contributed by atoms with Crippen molar-refractivity contribution >= 4 is 29.0 Å². The lowest BCUT2D eigenvalue weighted by Gasteiger charge is -2.33. The highest BCUT2D eigenvalue weighted by molar-refractivity contribution is 6.29. The maximum Gasteiger partial charge on any atom is 0.224 e. The van der Waals surface area contributed by atoms with Crippen LogP contribution in [0.4, 0.5) is 11.5 Å². The van der Waals surface area contributed by atoms with E-state index in [4.69, 9.17) is 17.3 Å². The van der Waals surface area contributed by atoms with Gasteiger partial charge in [0, 0.05) is 20.1 Å². The van der Waals surface area contributed by atoms with Gasteiger partial charge in [-0.05, 0) is 25.0 Å². The van der Waals surface area contributed by atoms with E-state index in [0.717, 1.165) is 19.4 Å². The molecule has 0 aromatic carbocycles. The molecule has 0 radical (unpaired) electrons. The lowest BCUT2D eigenvalue weighted by Crippen LogP contribution is -2.42. The van der Waals surface area contributed by atoms with Crippen LogP contribution in [0.5, 0.6) is 0 Å². The summed E-state index contributed by atoms with van der Waals surface area (Å²) in [7, 11) is 1.66. The number of nitrogens with one attached hydrogen (secondary N) is 1. The molecule has 1 aromatic rings. The van der Waals surface area contributed by atoms with Gasteiger partial charge in [-0.3, -0.25) is 4.79 Å². The third-order valence-corrected chi connectivity index (χ3v) is 3.42. The number of aromatic nitrogens is 1. The van der Waals surface area contributed by atoms with E-state index in [1.165, 1.54) is 0 Å². The summed E-state index contributed by atoms with van der Waals surface area (Å²) in [6, 6.07) is 3.41. The van der Waals surface area contributed by atoms with Gasteiger partial charge in [0.15, 0.2) is 5.82 Å². The minimum Gasteiger partial charge on any atom is -0.396 e. The van der Waals surface area contributed by atoms with Crippen molar-refractivity contribution in [1.82, 2.24) is 10.3 Å². The van der Waals surface area contributed by atoms with Crippen molar-refractivity contribution in [2.24, 2.45) is 5.92 Å². The highest BCUT2D eigenvalue weighted by Gasteiger charge is 2.26. The second-order valence-electron chi connectivity index (χ2n) is 4.45. The summed E-state index contributed by atoms with van der Waals surface area (Å²) >= 11 is 5.89. The Morgan fingerprint density at radius 3 is 3.11 bits per heavy atom. The highest BCUT2D eigenvalue weighted by atomic mass is 35.5. The molecule has 0 spiro atoms. The highest BCUT2D eigenvalue weighted by Crippen LogP contribution is 2.27. The van der Waals surface area contributed by atoms with E-state index in [0.29, 0.717) is 23.2 Å². The first-order chi connectivity index (χ1) is 8.61. The van der Waals surface area contributed by atoms with Gasteiger partial charge in [0.1, 0.15) is 5.15 Å². The van der Waals surface area contributed by atoms with Gasteiger partial charge in [-0.1, -0.05) is 11.6 Å². The summed E-state index contributed by atoms with van der Waals surface area (Å²) in [5.74, 6) is 0.736. The first-order valence-electron chi connectivity index (χ1n) is 6.00. The van der Waals surface area contributed by atoms with Crippen molar-refractivity contribution < 1.29 is 4.79 Å². The molecule has 3 N–H and O–H groups in total. The van der Waals surface area contributed by atoms with E-state index in [-0.39, 0.29) is 11.8 Å². The molecule has 2 rings (SSSR count). The molecular weight excluding hydrogens is 252 g/mol. The summed E-state index contributed by atoms with van der Waals surface area (Å²) in [5, 5.41) is 3.11. The van der Waals surface area contributed by atoms with Gasteiger partial charge in [-0.2, -0.15) is 0 Å². The van der Waals surface area contributed by atoms with E-state index in [1.54, 1.807) is 19.2 Å². The minimum atomic E-state index is -0.0102. The van der Waals surface area contributed by atoms with Gasteiger partial charge in [-0.25, -0.2) is 4.98 Å². The molecule has 1 atom stereocenters. The molecule has 0 aliphatic carbocycles. The molecule has 1 saturated heterocycles. The van der Waals surface area contributed by atoms with E-state index < -0.39 is 0 Å². The first kappa shape index (κ1) is 13.0. The normalized spacial score (nSPS) is 19.7. The fourth-order valence-electron chi connectivity index (χ4n) is 2.28. The van der Waals surface area contributed by atoms with Crippen LogP contribution >= 0.6 is 11.6 Å². The zero-order valence-corrected chi connectivity index (χ0v) is 11.1. The SMILES string of the molecule is CNC(=O)C1CCCN(c2nc(Cl)ccc2N)C1. The van der Waals surface area contributed by atoms with Crippen LogP contribution in [0.15, 0.2) is 12.1 Å². The van der Waals surface area contributed by atoms with Crippen molar-refractivity contribution in [2.45, 2.75) is 12.8 Å². The van der Waals surface area contributed by atoms with Crippen LogP contribution in [0.25, 0.3) is 0 Å². The molecule has 1 amide bonds. The second kappa shape index (κ2) is 5.44. The fraction of sp³-hybridized carbons (Fsp3) is 0.500. The molecule has 0 bridgehead atoms. The second-order valence-corrected chi connectivity index (χ2v) is 4.83. The fourth-order valence-corrected chi connectivity index (χ4v) is 2.42. The van der Waals surface area contributed by atoms with Crippen molar-refractivity contribution in [3.63, 3.8) is 0 Å². The number of rotatable bonds is 2. The van der Waals surface area contributed by atoms with Gasteiger partial charge < -0.3 is 16.0 Å². The number of carbonyl (C=O) groups excluding carboxylic acids is 1. The van der Waals surface area contributed by atoms with Crippen LogP contribution in [0.3, 0.4) is 0 Å². The molecule has 2 heterocycles. The Hall–Kier alpha value is -1.49. The number of halogens is 1. The van der Waals surface area contributed by atoms with E-state index in [1.807, 2.05) is 4.90 Å². The zero-order valence-electron chi connectivity index (χ0n) is 10.3. The van der Waals surface area contributed by atoms with Crippen LogP contribution in [0.2, 0.25) is 5.15 Å². The minimum absolute atomic E-state index is 0.0102. The number of piperidine rings is 1. The van der Waals surface area contributed by atoms with E-state index in [2.05, 4.69) is 10.3 Å². The zero-order chi connectivity index (χ0) is 13.1. The van der Waals surface area contributed by atoms with Crippen LogP contribution in [-0.2, 0) is 4.79 Å². The summed E-state index contributed by atoms with van der Waals surface area (Å²) < 4.78 is 0. The molecule has 5 nitrogen and oxygen atoms in total. The van der Waals surface area contributed by atoms with Crippen molar-refractivity contribution in [3.8, 4) is 0 Å². The number of nitrogens with two attached hydrogens (primary N) is 1. The van der Waals surface area contributed by atoms with Gasteiger partial charge in [0.25, 0.3) is 0 Å². The average Bonchev–Trinajstić information content (AvgIpc) is 2.40. The monoisotopic (exact) mass is 268 g/mol. The smallest absolute Gasteiger partial charge is 0.224 e. The topological polar surface area (TPSA) is 71.2 Å². The quantitative estimate of drug-likeness (QED) is 0.793. The number of nitrogens with zero attached hydrogens (tertiary/aromatic N) is 2. The Labute approximate surface area is 111 Å². The standard InChI is InChI=1S/C12H17ClN4O/c1-15-12(18)8-3-2-6-17(7-8)11-9(14)4-5-10(13)16-11/h4-5,8H,2-3,6-7,14H2,1H3,(H,15,18). The van der Waals surface area contributed by atoms with E-state index >= 15 is 0 Å². The lowest BCUT2D eigenvalue weighted by atomic mass is 9.97. The number of anilines is 2. The Bertz CT molecular complexity index is 452. The molecule has 18 heavy (non-hydrogen) atoms. The van der Waals surface area contributed by atoms with Crippen LogP contribution < -0.4 is 16.0 Å². The Morgan fingerprint density at radius 1 is 1.61 bits per heavy atom. The van der Waals surface area contributed by atoms with E-state index in [9.17, 15) is 4.79 Å². The first-order valence-corrected chi connectivity index (χ1v) is 6.38. The van der Waals surface area contributed by atoms with Crippen molar-refractivity contribution in [2.75, 3.05) is 30.8 Å². The predicted octanol–water partition coefficient (Wildman–Crippen LogP) is 1.28. The molecule has 0 saturated carbocycles. The van der Waals surface area contributed by atoms with Gasteiger partial charge >= 0.3 is 0 Å². The van der Waals surface area contributed by atoms with Crippen molar-refractivity contribution in [3.05, 3.63) is 17.3 Å². The number of amides is 1. The Balaban J connectivity index is 2.18. The number of nitrogen functional groups attached to an aromatic ring is 1. The molecule has 1 aromatic heterocycles. The third kappa shape index (κ3) is 2.67.